The first-order valence-electron chi connectivity index (χ1n) is 4.62. The predicted molar refractivity (Wildman–Crippen MR) is 58.4 cm³/mol. The Bertz CT molecular complexity index is 578. The minimum atomic E-state index is -1.08. The number of hydrogen-bond donors (Lipinski definition) is 1. The molecule has 1 aromatic heterocycles. The number of carboxylic acids is 1. The minimum absolute atomic E-state index is 0.412. The molecule has 0 amide bonds. The van der Waals surface area contributed by atoms with Crippen molar-refractivity contribution in [1.82, 2.24) is 4.98 Å². The number of halogens is 1. The average molecular weight is 217 g/mol. The Kier molecular flexibility index (Phi) is 2.64. The lowest BCUT2D eigenvalue weighted by Gasteiger charge is -2.01. The summed E-state index contributed by atoms with van der Waals surface area (Å²) in [5, 5.41) is 9.16. The summed E-state index contributed by atoms with van der Waals surface area (Å²) < 4.78 is 13.2. The van der Waals surface area contributed by atoms with Crippen LogP contribution in [-0.4, -0.2) is 16.1 Å². The molecule has 1 N–H and O–H groups in total. The van der Waals surface area contributed by atoms with Crippen molar-refractivity contribution in [2.24, 2.45) is 0 Å². The van der Waals surface area contributed by atoms with E-state index in [0.717, 1.165) is 6.08 Å². The van der Waals surface area contributed by atoms with E-state index in [1.165, 1.54) is 18.2 Å². The zero-order valence-corrected chi connectivity index (χ0v) is 8.22. The lowest BCUT2D eigenvalue weighted by atomic mass is 10.1. The molecule has 0 unspecified atom stereocenters. The van der Waals surface area contributed by atoms with Crippen LogP contribution in [0.4, 0.5) is 4.39 Å². The van der Waals surface area contributed by atoms with E-state index in [2.05, 4.69) is 4.98 Å². The molecule has 80 valence electrons. The first-order chi connectivity index (χ1) is 7.66. The Morgan fingerprint density at radius 3 is 3.00 bits per heavy atom. The van der Waals surface area contributed by atoms with Crippen LogP contribution in [0.1, 0.15) is 5.56 Å². The fourth-order valence-electron chi connectivity index (χ4n) is 1.47. The van der Waals surface area contributed by atoms with Crippen LogP contribution in [0.5, 0.6) is 0 Å². The molecule has 0 fully saturated rings. The Balaban J connectivity index is 2.63. The molecule has 0 bridgehead atoms. The van der Waals surface area contributed by atoms with Crippen LogP contribution in [0.25, 0.3) is 17.0 Å². The number of aromatic nitrogens is 1. The van der Waals surface area contributed by atoms with Crippen molar-refractivity contribution in [1.29, 1.82) is 0 Å². The van der Waals surface area contributed by atoms with Gasteiger partial charge in [0.15, 0.2) is 0 Å². The third-order valence-electron chi connectivity index (χ3n) is 2.10. The van der Waals surface area contributed by atoms with Crippen molar-refractivity contribution in [3.63, 3.8) is 0 Å². The molecular formula is C12H8FNO2. The second-order valence-electron chi connectivity index (χ2n) is 3.24. The highest BCUT2D eigenvalue weighted by molar-refractivity contribution is 5.92. The smallest absolute Gasteiger partial charge is 0.328 e. The van der Waals surface area contributed by atoms with E-state index < -0.39 is 11.8 Å². The Hall–Kier alpha value is -2.23. The molecule has 0 atom stereocenters. The van der Waals surface area contributed by atoms with Gasteiger partial charge in [0.2, 0.25) is 0 Å². The van der Waals surface area contributed by atoms with Crippen LogP contribution < -0.4 is 0 Å². The molecule has 0 aliphatic carbocycles. The van der Waals surface area contributed by atoms with Crippen LogP contribution in [0.15, 0.2) is 36.5 Å². The summed E-state index contributed by atoms with van der Waals surface area (Å²) in [7, 11) is 0. The quantitative estimate of drug-likeness (QED) is 0.786. The van der Waals surface area contributed by atoms with Crippen molar-refractivity contribution < 1.29 is 14.3 Å². The van der Waals surface area contributed by atoms with Gasteiger partial charge >= 0.3 is 5.97 Å². The summed E-state index contributed by atoms with van der Waals surface area (Å²) in [5.41, 5.74) is 1.04. The molecule has 0 radical (unpaired) electrons. The van der Waals surface area contributed by atoms with Gasteiger partial charge in [0.05, 0.1) is 5.52 Å². The normalized spacial score (nSPS) is 11.1. The first-order valence-corrected chi connectivity index (χ1v) is 4.62. The first kappa shape index (κ1) is 10.3. The number of pyridine rings is 1. The highest BCUT2D eigenvalue weighted by Crippen LogP contribution is 2.19. The van der Waals surface area contributed by atoms with Gasteiger partial charge in [0, 0.05) is 23.2 Å². The van der Waals surface area contributed by atoms with E-state index in [1.54, 1.807) is 18.3 Å². The number of carboxylic acid groups (broad SMARTS) is 1. The van der Waals surface area contributed by atoms with Crippen LogP contribution in [-0.2, 0) is 4.79 Å². The predicted octanol–water partition coefficient (Wildman–Crippen LogP) is 2.47. The number of rotatable bonds is 2. The fourth-order valence-corrected chi connectivity index (χ4v) is 1.47. The van der Waals surface area contributed by atoms with E-state index in [4.69, 9.17) is 5.11 Å². The summed E-state index contributed by atoms with van der Waals surface area (Å²) in [6.07, 6.45) is 3.88. The molecule has 2 aromatic rings. The summed E-state index contributed by atoms with van der Waals surface area (Å²) in [5.74, 6) is -1.49. The summed E-state index contributed by atoms with van der Waals surface area (Å²) in [6.45, 7) is 0. The maximum atomic E-state index is 13.2. The molecule has 0 spiro atoms. The van der Waals surface area contributed by atoms with Crippen LogP contribution >= 0.6 is 0 Å². The largest absolute Gasteiger partial charge is 0.478 e. The molecule has 3 nitrogen and oxygen atoms in total. The third kappa shape index (κ3) is 2.06. The van der Waals surface area contributed by atoms with Crippen molar-refractivity contribution in [3.8, 4) is 0 Å². The van der Waals surface area contributed by atoms with Gasteiger partial charge in [-0.25, -0.2) is 9.18 Å². The van der Waals surface area contributed by atoms with Crippen molar-refractivity contribution in [2.45, 2.75) is 0 Å². The molecule has 1 heterocycles. The van der Waals surface area contributed by atoms with Gasteiger partial charge in [-0.1, -0.05) is 6.07 Å². The Labute approximate surface area is 90.9 Å². The highest BCUT2D eigenvalue weighted by atomic mass is 19.1. The zero-order chi connectivity index (χ0) is 11.5. The number of fused-ring (bicyclic) bond motifs is 1. The topological polar surface area (TPSA) is 50.2 Å². The molecule has 4 heteroatoms. The van der Waals surface area contributed by atoms with E-state index >= 15 is 0 Å². The summed E-state index contributed by atoms with van der Waals surface area (Å²) >= 11 is 0. The molecule has 1 aromatic carbocycles. The summed E-state index contributed by atoms with van der Waals surface area (Å²) in [6, 6.07) is 6.05. The van der Waals surface area contributed by atoms with Gasteiger partial charge in [-0.3, -0.25) is 4.98 Å². The molecular weight excluding hydrogens is 209 g/mol. The van der Waals surface area contributed by atoms with Crippen LogP contribution in [0.2, 0.25) is 0 Å². The SMILES string of the molecule is O=C(O)/C=C/c1cc(F)cc2cccnc12. The van der Waals surface area contributed by atoms with E-state index in [0.29, 0.717) is 16.5 Å². The third-order valence-corrected chi connectivity index (χ3v) is 2.10. The monoisotopic (exact) mass is 217 g/mol. The molecule has 0 aliphatic heterocycles. The van der Waals surface area contributed by atoms with E-state index in [9.17, 15) is 9.18 Å². The second-order valence-corrected chi connectivity index (χ2v) is 3.24. The number of benzene rings is 1. The van der Waals surface area contributed by atoms with Crippen molar-refractivity contribution in [2.75, 3.05) is 0 Å². The van der Waals surface area contributed by atoms with Crippen molar-refractivity contribution >= 4 is 22.9 Å². The lowest BCUT2D eigenvalue weighted by molar-refractivity contribution is -0.131. The maximum Gasteiger partial charge on any atom is 0.328 e. The van der Waals surface area contributed by atoms with Crippen LogP contribution in [0, 0.1) is 5.82 Å². The molecule has 0 saturated carbocycles. The Morgan fingerprint density at radius 2 is 2.25 bits per heavy atom. The molecule has 0 aliphatic rings. The number of hydrogen-bond acceptors (Lipinski definition) is 2. The minimum Gasteiger partial charge on any atom is -0.478 e. The lowest BCUT2D eigenvalue weighted by Crippen LogP contribution is -1.89. The number of nitrogens with zero attached hydrogens (tertiary/aromatic N) is 1. The van der Waals surface area contributed by atoms with Crippen LogP contribution in [0.3, 0.4) is 0 Å². The fraction of sp³-hybridized carbons (Fsp3) is 0. The van der Waals surface area contributed by atoms with Gasteiger partial charge < -0.3 is 5.11 Å². The number of aliphatic carboxylic acids is 1. The number of carbonyl (C=O) groups is 1. The average Bonchev–Trinajstić information content (AvgIpc) is 2.25. The molecule has 16 heavy (non-hydrogen) atoms. The Morgan fingerprint density at radius 1 is 1.44 bits per heavy atom. The van der Waals surface area contributed by atoms with E-state index in [1.807, 2.05) is 0 Å². The van der Waals surface area contributed by atoms with Gasteiger partial charge in [-0.05, 0) is 24.3 Å². The maximum absolute atomic E-state index is 13.2. The summed E-state index contributed by atoms with van der Waals surface area (Å²) in [4.78, 5) is 14.5. The van der Waals surface area contributed by atoms with E-state index in [-0.39, 0.29) is 0 Å². The van der Waals surface area contributed by atoms with Gasteiger partial charge in [0.25, 0.3) is 0 Å². The second kappa shape index (κ2) is 4.10. The van der Waals surface area contributed by atoms with Crippen molar-refractivity contribution in [3.05, 3.63) is 47.9 Å². The molecule has 0 saturated heterocycles. The zero-order valence-electron chi connectivity index (χ0n) is 8.22. The van der Waals surface area contributed by atoms with Gasteiger partial charge in [-0.15, -0.1) is 0 Å². The standard InChI is InChI=1S/C12H8FNO2/c13-10-6-8-2-1-5-14-12(8)9(7-10)3-4-11(15)16/h1-7H,(H,15,16)/b4-3+. The highest BCUT2D eigenvalue weighted by Gasteiger charge is 2.02. The van der Waals surface area contributed by atoms with Gasteiger partial charge in [0.1, 0.15) is 5.82 Å². The van der Waals surface area contributed by atoms with Gasteiger partial charge in [-0.2, -0.15) is 0 Å². The molecule has 2 rings (SSSR count).